The van der Waals surface area contributed by atoms with Crippen molar-refractivity contribution < 1.29 is 4.79 Å². The SMILES string of the molecule is CNc1cc(Nc2cccn(C3=NC(C)(C)CS3)c2=O)nc2c(C(=O)NC3CC3)cnn12. The Morgan fingerprint density at radius 2 is 2.12 bits per heavy atom. The maximum atomic E-state index is 13.1. The van der Waals surface area contributed by atoms with Crippen LogP contribution in [0.3, 0.4) is 0 Å². The number of carbonyl (C=O) groups is 1. The Morgan fingerprint density at radius 1 is 1.31 bits per heavy atom. The minimum absolute atomic E-state index is 0.198. The molecule has 2 aliphatic rings. The second kappa shape index (κ2) is 7.66. The molecule has 1 aliphatic heterocycles. The van der Waals surface area contributed by atoms with Crippen molar-refractivity contribution in [2.75, 3.05) is 23.4 Å². The van der Waals surface area contributed by atoms with E-state index < -0.39 is 0 Å². The summed E-state index contributed by atoms with van der Waals surface area (Å²) in [4.78, 5) is 35.0. The van der Waals surface area contributed by atoms with Crippen molar-refractivity contribution in [1.29, 1.82) is 0 Å². The second-order valence-corrected chi connectivity index (χ2v) is 9.48. The Labute approximate surface area is 188 Å². The number of carbonyl (C=O) groups excluding carboxylic acids is 1. The smallest absolute Gasteiger partial charge is 0.280 e. The Bertz CT molecular complexity index is 1300. The van der Waals surface area contributed by atoms with E-state index in [0.29, 0.717) is 33.7 Å². The van der Waals surface area contributed by atoms with Crippen LogP contribution in [0.4, 0.5) is 17.3 Å². The van der Waals surface area contributed by atoms with Crippen LogP contribution in [-0.2, 0) is 0 Å². The van der Waals surface area contributed by atoms with Crippen LogP contribution in [0.2, 0.25) is 0 Å². The summed E-state index contributed by atoms with van der Waals surface area (Å²) in [5.41, 5.74) is 0.747. The largest absolute Gasteiger partial charge is 0.373 e. The lowest BCUT2D eigenvalue weighted by atomic mass is 10.1. The van der Waals surface area contributed by atoms with Crippen molar-refractivity contribution in [1.82, 2.24) is 24.5 Å². The summed E-state index contributed by atoms with van der Waals surface area (Å²) >= 11 is 1.56. The van der Waals surface area contributed by atoms with Crippen LogP contribution >= 0.6 is 11.8 Å². The van der Waals surface area contributed by atoms with E-state index in [1.165, 1.54) is 6.20 Å². The average Bonchev–Trinajstić information content (AvgIpc) is 3.34. The highest BCUT2D eigenvalue weighted by Crippen LogP contribution is 2.27. The number of nitrogens with one attached hydrogen (secondary N) is 3. The molecule has 0 unspecified atom stereocenters. The first-order chi connectivity index (χ1) is 15.3. The van der Waals surface area contributed by atoms with Crippen LogP contribution in [0, 0.1) is 0 Å². The molecule has 3 aromatic heterocycles. The first kappa shape index (κ1) is 20.6. The van der Waals surface area contributed by atoms with Gasteiger partial charge in [0.15, 0.2) is 10.8 Å². The van der Waals surface area contributed by atoms with Crippen LogP contribution in [-0.4, -0.2) is 54.6 Å². The molecule has 10 nitrogen and oxygen atoms in total. The van der Waals surface area contributed by atoms with Gasteiger partial charge in [0.25, 0.3) is 11.5 Å². The van der Waals surface area contributed by atoms with Crippen LogP contribution in [0.25, 0.3) is 5.65 Å². The standard InChI is InChI=1S/C21H24N8O2S/c1-21(2)11-32-20(27-21)28-8-4-5-14(19(28)31)25-15-9-16(22-3)29-17(26-15)13(10-23-29)18(30)24-12-6-7-12/h4-5,8-10,12,22H,6-7,11H2,1-3H3,(H,24,30)(H,25,26). The number of pyridine rings is 1. The third kappa shape index (κ3) is 3.83. The first-order valence-electron chi connectivity index (χ1n) is 10.4. The number of nitrogens with zero attached hydrogens (tertiary/aromatic N) is 5. The molecular formula is C21H24N8O2S. The molecule has 0 saturated heterocycles. The molecule has 0 bridgehead atoms. The lowest BCUT2D eigenvalue weighted by Gasteiger charge is -2.12. The third-order valence-corrected chi connectivity index (χ3v) is 6.65. The quantitative estimate of drug-likeness (QED) is 0.544. The molecule has 0 aromatic carbocycles. The molecule has 32 heavy (non-hydrogen) atoms. The number of aromatic nitrogens is 4. The van der Waals surface area contributed by atoms with E-state index in [-0.39, 0.29) is 23.0 Å². The minimum atomic E-state index is -0.218. The lowest BCUT2D eigenvalue weighted by Crippen LogP contribution is -2.26. The zero-order chi connectivity index (χ0) is 22.5. The van der Waals surface area contributed by atoms with Crippen molar-refractivity contribution in [2.24, 2.45) is 4.99 Å². The number of amides is 1. The minimum Gasteiger partial charge on any atom is -0.373 e. The van der Waals surface area contributed by atoms with E-state index in [1.807, 2.05) is 13.8 Å². The van der Waals surface area contributed by atoms with Crippen LogP contribution in [0.5, 0.6) is 0 Å². The molecular weight excluding hydrogens is 428 g/mol. The van der Waals surface area contributed by atoms with Crippen molar-refractivity contribution >= 4 is 45.8 Å². The van der Waals surface area contributed by atoms with E-state index in [9.17, 15) is 9.59 Å². The average molecular weight is 453 g/mol. The fraction of sp³-hybridized carbons (Fsp3) is 0.381. The third-order valence-electron chi connectivity index (χ3n) is 5.25. The van der Waals surface area contributed by atoms with Gasteiger partial charge in [0.2, 0.25) is 0 Å². The van der Waals surface area contributed by atoms with Crippen molar-refractivity contribution in [2.45, 2.75) is 38.3 Å². The fourth-order valence-corrected chi connectivity index (χ4v) is 4.56. The first-order valence-corrected chi connectivity index (χ1v) is 11.4. The summed E-state index contributed by atoms with van der Waals surface area (Å²) in [6.45, 7) is 4.09. The summed E-state index contributed by atoms with van der Waals surface area (Å²) in [6.07, 6.45) is 5.22. The Hall–Kier alpha value is -3.34. The monoisotopic (exact) mass is 452 g/mol. The fourth-order valence-electron chi connectivity index (χ4n) is 3.42. The van der Waals surface area contributed by atoms with Gasteiger partial charge in [-0.15, -0.1) is 0 Å². The van der Waals surface area contributed by atoms with Gasteiger partial charge in [-0.3, -0.25) is 19.1 Å². The van der Waals surface area contributed by atoms with Gasteiger partial charge in [-0.1, -0.05) is 11.8 Å². The Kier molecular flexibility index (Phi) is 4.92. The zero-order valence-electron chi connectivity index (χ0n) is 18.0. The van der Waals surface area contributed by atoms with Crippen LogP contribution in [0.15, 0.2) is 40.4 Å². The lowest BCUT2D eigenvalue weighted by molar-refractivity contribution is 0.0952. The van der Waals surface area contributed by atoms with Gasteiger partial charge >= 0.3 is 0 Å². The van der Waals surface area contributed by atoms with Gasteiger partial charge in [0, 0.05) is 31.1 Å². The number of rotatable bonds is 5. The Morgan fingerprint density at radius 3 is 2.81 bits per heavy atom. The summed E-state index contributed by atoms with van der Waals surface area (Å²) in [6, 6.07) is 5.46. The van der Waals surface area contributed by atoms with E-state index in [0.717, 1.165) is 18.6 Å². The molecule has 1 saturated carbocycles. The number of anilines is 3. The van der Waals surface area contributed by atoms with Crippen molar-refractivity contribution in [3.8, 4) is 0 Å². The van der Waals surface area contributed by atoms with Gasteiger partial charge in [-0.25, -0.2) is 4.98 Å². The number of hydrogen-bond donors (Lipinski definition) is 3. The molecule has 4 heterocycles. The molecule has 3 aromatic rings. The number of aliphatic imine (C=N–C) groups is 1. The highest BCUT2D eigenvalue weighted by atomic mass is 32.2. The molecule has 11 heteroatoms. The molecule has 3 N–H and O–H groups in total. The van der Waals surface area contributed by atoms with Gasteiger partial charge in [-0.2, -0.15) is 9.61 Å². The molecule has 1 aliphatic carbocycles. The highest BCUT2D eigenvalue weighted by Gasteiger charge is 2.28. The maximum absolute atomic E-state index is 13.1. The normalized spacial score (nSPS) is 17.3. The number of fused-ring (bicyclic) bond motifs is 1. The predicted molar refractivity (Wildman–Crippen MR) is 126 cm³/mol. The van der Waals surface area contributed by atoms with Crippen molar-refractivity contribution in [3.05, 3.63) is 46.5 Å². The highest BCUT2D eigenvalue weighted by molar-refractivity contribution is 8.14. The van der Waals surface area contributed by atoms with E-state index in [4.69, 9.17) is 0 Å². The Balaban J connectivity index is 1.51. The van der Waals surface area contributed by atoms with Crippen molar-refractivity contribution in [3.63, 3.8) is 0 Å². The zero-order valence-corrected chi connectivity index (χ0v) is 18.9. The molecule has 1 amide bonds. The molecule has 1 fully saturated rings. The topological polar surface area (TPSA) is 118 Å². The second-order valence-electron chi connectivity index (χ2n) is 8.54. The summed E-state index contributed by atoms with van der Waals surface area (Å²) in [7, 11) is 1.76. The van der Waals surface area contributed by atoms with E-state index in [1.54, 1.807) is 52.3 Å². The predicted octanol–water partition coefficient (Wildman–Crippen LogP) is 2.30. The van der Waals surface area contributed by atoms with Gasteiger partial charge in [-0.05, 0) is 38.8 Å². The van der Waals surface area contributed by atoms with Gasteiger partial charge < -0.3 is 16.0 Å². The van der Waals surface area contributed by atoms with Crippen LogP contribution in [0.1, 0.15) is 37.0 Å². The molecule has 166 valence electrons. The number of thioether (sulfide) groups is 1. The molecule has 0 atom stereocenters. The molecule has 0 radical (unpaired) electrons. The maximum Gasteiger partial charge on any atom is 0.280 e. The molecule has 0 spiro atoms. The van der Waals surface area contributed by atoms with Crippen LogP contribution < -0.4 is 21.5 Å². The van der Waals surface area contributed by atoms with E-state index >= 15 is 0 Å². The van der Waals surface area contributed by atoms with Gasteiger partial charge in [0.05, 0.1) is 11.7 Å². The summed E-state index contributed by atoms with van der Waals surface area (Å²) in [5.74, 6) is 1.69. The van der Waals surface area contributed by atoms with E-state index in [2.05, 4.69) is 31.0 Å². The number of hydrogen-bond acceptors (Lipinski definition) is 8. The van der Waals surface area contributed by atoms with Gasteiger partial charge in [0.1, 0.15) is 22.9 Å². The molecule has 5 rings (SSSR count). The summed E-state index contributed by atoms with van der Waals surface area (Å²) in [5, 5.41) is 14.1. The summed E-state index contributed by atoms with van der Waals surface area (Å²) < 4.78 is 3.12.